The number of nitrogens with zero attached hydrogens (tertiary/aromatic N) is 1. The van der Waals surface area contributed by atoms with E-state index >= 15 is 0 Å². The highest BCUT2D eigenvalue weighted by molar-refractivity contribution is 6.72. The summed E-state index contributed by atoms with van der Waals surface area (Å²) in [6, 6.07) is 1.85. The minimum atomic E-state index is -1.64. The molecule has 1 heterocycles. The number of rotatable bonds is 3. The molecule has 1 saturated heterocycles. The second kappa shape index (κ2) is 7.37. The van der Waals surface area contributed by atoms with E-state index in [2.05, 4.69) is 36.5 Å². The first-order valence-corrected chi connectivity index (χ1v) is 15.9. The van der Waals surface area contributed by atoms with Gasteiger partial charge in [-0.2, -0.15) is 0 Å². The van der Waals surface area contributed by atoms with Crippen molar-refractivity contribution in [3.05, 3.63) is 0 Å². The van der Waals surface area contributed by atoms with E-state index in [1.165, 1.54) is 64.2 Å². The summed E-state index contributed by atoms with van der Waals surface area (Å²) in [7, 11) is -1.64. The molecule has 0 aromatic heterocycles. The Hall–Kier alpha value is 0.137. The minimum absolute atomic E-state index is 0.411. The van der Waals surface area contributed by atoms with Crippen LogP contribution in [0.1, 0.15) is 97.3 Å². The number of hydrogen-bond acceptors (Lipinski definition) is 2. The van der Waals surface area contributed by atoms with Gasteiger partial charge in [0.05, 0.1) is 0 Å². The Morgan fingerprint density at radius 3 is 2.36 bits per heavy atom. The fraction of sp³-hybridized carbons (Fsp3) is 1.00. The van der Waals surface area contributed by atoms with Crippen molar-refractivity contribution in [2.75, 3.05) is 0 Å². The third-order valence-corrected chi connectivity index (χ3v) is 13.1. The standard InChI is InChI=1S/C25H46N2Si/c1-18-12-13-23-21(16-18)22-17-19-10-6-7-11-20(19)24(22)27(23)28(3,4)26-25(2)14-8-5-9-15-25/h18-24,26H,5-17H2,1-4H3. The summed E-state index contributed by atoms with van der Waals surface area (Å²) in [6.45, 7) is 10.5. The number of nitrogens with one attached hydrogen (secondary N) is 1. The van der Waals surface area contributed by atoms with Gasteiger partial charge < -0.3 is 9.55 Å². The Bertz CT molecular complexity index is 569. The molecule has 1 aliphatic heterocycles. The van der Waals surface area contributed by atoms with Crippen LogP contribution in [0.2, 0.25) is 13.1 Å². The normalized spacial score (nSPS) is 46.1. The molecule has 5 rings (SSSR count). The van der Waals surface area contributed by atoms with Crippen LogP contribution in [0.4, 0.5) is 0 Å². The first kappa shape index (κ1) is 20.1. The molecule has 7 unspecified atom stereocenters. The monoisotopic (exact) mass is 402 g/mol. The molecule has 4 saturated carbocycles. The third kappa shape index (κ3) is 3.36. The van der Waals surface area contributed by atoms with Gasteiger partial charge in [0.2, 0.25) is 0 Å². The van der Waals surface area contributed by atoms with Gasteiger partial charge in [-0.3, -0.25) is 0 Å². The van der Waals surface area contributed by atoms with E-state index in [-0.39, 0.29) is 0 Å². The summed E-state index contributed by atoms with van der Waals surface area (Å²) in [6.07, 6.45) is 19.3. The maximum absolute atomic E-state index is 4.43. The zero-order valence-electron chi connectivity index (χ0n) is 19.2. The highest BCUT2D eigenvalue weighted by Crippen LogP contribution is 2.59. The molecular formula is C25H46N2Si. The van der Waals surface area contributed by atoms with Gasteiger partial charge in [0.1, 0.15) is 0 Å². The zero-order chi connectivity index (χ0) is 19.5. The van der Waals surface area contributed by atoms with Gasteiger partial charge in [-0.05, 0) is 94.6 Å². The molecule has 0 aromatic rings. The molecule has 0 spiro atoms. The summed E-state index contributed by atoms with van der Waals surface area (Å²) < 4.78 is 3.25. The van der Waals surface area contributed by atoms with Gasteiger partial charge in [-0.25, -0.2) is 0 Å². The molecule has 3 heteroatoms. The molecule has 7 atom stereocenters. The summed E-state index contributed by atoms with van der Waals surface area (Å²) in [5.41, 5.74) is 0.411. The molecule has 4 aliphatic carbocycles. The maximum Gasteiger partial charge on any atom is 0.198 e. The van der Waals surface area contributed by atoms with E-state index in [0.29, 0.717) is 5.54 Å². The fourth-order valence-corrected chi connectivity index (χ4v) is 13.2. The largest absolute Gasteiger partial charge is 0.320 e. The van der Waals surface area contributed by atoms with E-state index in [1.807, 2.05) is 0 Å². The van der Waals surface area contributed by atoms with Gasteiger partial charge in [-0.15, -0.1) is 0 Å². The SMILES string of the molecule is CC1CCC2C(C1)C1CC3CCCCC3C1N2[Si](C)(C)NC1(C)CCCCC1. The second-order valence-electron chi connectivity index (χ2n) is 12.5. The summed E-state index contributed by atoms with van der Waals surface area (Å²) in [4.78, 5) is 4.43. The molecule has 2 nitrogen and oxygen atoms in total. The van der Waals surface area contributed by atoms with Gasteiger partial charge in [0.25, 0.3) is 0 Å². The van der Waals surface area contributed by atoms with E-state index < -0.39 is 8.40 Å². The predicted molar refractivity (Wildman–Crippen MR) is 122 cm³/mol. The lowest BCUT2D eigenvalue weighted by molar-refractivity contribution is 0.137. The van der Waals surface area contributed by atoms with Gasteiger partial charge in [0, 0.05) is 17.6 Å². The van der Waals surface area contributed by atoms with Crippen LogP contribution in [0.25, 0.3) is 0 Å². The van der Waals surface area contributed by atoms with Crippen molar-refractivity contribution in [3.63, 3.8) is 0 Å². The van der Waals surface area contributed by atoms with E-state index in [4.69, 9.17) is 0 Å². The quantitative estimate of drug-likeness (QED) is 0.556. The fourth-order valence-electron chi connectivity index (χ4n) is 9.11. The Labute approximate surface area is 175 Å². The van der Waals surface area contributed by atoms with E-state index in [9.17, 15) is 0 Å². The molecule has 0 bridgehead atoms. The topological polar surface area (TPSA) is 15.3 Å². The first-order valence-electron chi connectivity index (χ1n) is 13.0. The van der Waals surface area contributed by atoms with Crippen molar-refractivity contribution in [1.29, 1.82) is 0 Å². The summed E-state index contributed by atoms with van der Waals surface area (Å²) in [5, 5.41) is 0. The smallest absolute Gasteiger partial charge is 0.198 e. The predicted octanol–water partition coefficient (Wildman–Crippen LogP) is 6.32. The van der Waals surface area contributed by atoms with Crippen LogP contribution in [0, 0.1) is 29.6 Å². The van der Waals surface area contributed by atoms with Crippen LogP contribution in [0.15, 0.2) is 0 Å². The van der Waals surface area contributed by atoms with Crippen LogP contribution in [0.3, 0.4) is 0 Å². The molecule has 0 amide bonds. The average molecular weight is 403 g/mol. The second-order valence-corrected chi connectivity index (χ2v) is 16.3. The lowest BCUT2D eigenvalue weighted by atomic mass is 9.74. The summed E-state index contributed by atoms with van der Waals surface area (Å²) in [5.74, 6) is 5.13. The molecule has 5 aliphatic rings. The van der Waals surface area contributed by atoms with Crippen LogP contribution in [-0.4, -0.2) is 30.6 Å². The molecule has 0 radical (unpaired) electrons. The molecule has 0 aromatic carbocycles. The van der Waals surface area contributed by atoms with Gasteiger partial charge in [-0.1, -0.05) is 45.4 Å². The zero-order valence-corrected chi connectivity index (χ0v) is 20.2. The lowest BCUT2D eigenvalue weighted by Crippen LogP contribution is -2.70. The summed E-state index contributed by atoms with van der Waals surface area (Å²) >= 11 is 0. The van der Waals surface area contributed by atoms with Crippen LogP contribution in [-0.2, 0) is 0 Å². The lowest BCUT2D eigenvalue weighted by Gasteiger charge is -2.51. The van der Waals surface area contributed by atoms with Crippen molar-refractivity contribution < 1.29 is 0 Å². The van der Waals surface area contributed by atoms with Crippen molar-refractivity contribution in [1.82, 2.24) is 9.55 Å². The van der Waals surface area contributed by atoms with Crippen molar-refractivity contribution >= 4 is 8.40 Å². The van der Waals surface area contributed by atoms with Crippen molar-refractivity contribution in [2.45, 2.75) is 128 Å². The third-order valence-electron chi connectivity index (χ3n) is 9.98. The maximum atomic E-state index is 4.43. The molecular weight excluding hydrogens is 356 g/mol. The number of hydrogen-bond donors (Lipinski definition) is 1. The number of fused-ring (bicyclic) bond motifs is 5. The highest BCUT2D eigenvalue weighted by Gasteiger charge is 2.61. The van der Waals surface area contributed by atoms with Crippen LogP contribution < -0.4 is 4.98 Å². The minimum Gasteiger partial charge on any atom is -0.320 e. The van der Waals surface area contributed by atoms with Gasteiger partial charge >= 0.3 is 0 Å². The van der Waals surface area contributed by atoms with Crippen molar-refractivity contribution in [3.8, 4) is 0 Å². The first-order chi connectivity index (χ1) is 13.4. The highest BCUT2D eigenvalue weighted by atomic mass is 28.3. The Kier molecular flexibility index (Phi) is 5.28. The Morgan fingerprint density at radius 2 is 1.57 bits per heavy atom. The molecule has 1 N–H and O–H groups in total. The van der Waals surface area contributed by atoms with E-state index in [0.717, 1.165) is 41.7 Å². The molecule has 5 fully saturated rings. The van der Waals surface area contributed by atoms with E-state index in [1.54, 1.807) is 19.3 Å². The Morgan fingerprint density at radius 1 is 0.821 bits per heavy atom. The van der Waals surface area contributed by atoms with Crippen LogP contribution in [0.5, 0.6) is 0 Å². The van der Waals surface area contributed by atoms with Gasteiger partial charge in [0.15, 0.2) is 8.40 Å². The van der Waals surface area contributed by atoms with Crippen molar-refractivity contribution in [2.24, 2.45) is 29.6 Å². The molecule has 160 valence electrons. The average Bonchev–Trinajstić information content (AvgIpc) is 3.16. The van der Waals surface area contributed by atoms with Crippen LogP contribution >= 0.6 is 0 Å². The Balaban J connectivity index is 1.45. The molecule has 28 heavy (non-hydrogen) atoms.